The van der Waals surface area contributed by atoms with Crippen LogP contribution in [0.5, 0.6) is 0 Å². The van der Waals surface area contributed by atoms with Gasteiger partial charge in [-0.25, -0.2) is 0 Å². The first-order valence-electron chi connectivity index (χ1n) is 8.20. The van der Waals surface area contributed by atoms with E-state index in [-0.39, 0.29) is 12.1 Å². The van der Waals surface area contributed by atoms with Crippen LogP contribution in [0, 0.1) is 6.92 Å². The Balaban J connectivity index is 1.95. The SMILES string of the molecule is Cc1ccc2nc3c(cc2c1)CCCCC(=O)OC(C)CC3. The fraction of sp³-hybridized carbons (Fsp3) is 0.474. The maximum atomic E-state index is 11.7. The lowest BCUT2D eigenvalue weighted by molar-refractivity contribution is -0.148. The van der Waals surface area contributed by atoms with Crippen LogP contribution in [0.4, 0.5) is 0 Å². The Labute approximate surface area is 131 Å². The summed E-state index contributed by atoms with van der Waals surface area (Å²) < 4.78 is 5.43. The summed E-state index contributed by atoms with van der Waals surface area (Å²) >= 11 is 0. The second-order valence-corrected chi connectivity index (χ2v) is 6.34. The van der Waals surface area contributed by atoms with Crippen molar-refractivity contribution in [3.8, 4) is 0 Å². The third-order valence-corrected chi connectivity index (χ3v) is 4.34. The van der Waals surface area contributed by atoms with Crippen LogP contribution in [0.3, 0.4) is 0 Å². The van der Waals surface area contributed by atoms with Gasteiger partial charge in [0.1, 0.15) is 0 Å². The number of carbonyl (C=O) groups excluding carboxylic acids is 1. The van der Waals surface area contributed by atoms with Crippen molar-refractivity contribution in [2.45, 2.75) is 58.5 Å². The van der Waals surface area contributed by atoms with Crippen LogP contribution in [-0.4, -0.2) is 17.1 Å². The van der Waals surface area contributed by atoms with Gasteiger partial charge in [-0.15, -0.1) is 0 Å². The lowest BCUT2D eigenvalue weighted by Crippen LogP contribution is -2.15. The quantitative estimate of drug-likeness (QED) is 0.686. The monoisotopic (exact) mass is 297 g/mol. The molecule has 3 nitrogen and oxygen atoms in total. The number of pyridine rings is 1. The van der Waals surface area contributed by atoms with E-state index < -0.39 is 0 Å². The van der Waals surface area contributed by atoms with E-state index in [0.29, 0.717) is 6.42 Å². The average Bonchev–Trinajstić information content (AvgIpc) is 2.51. The molecule has 2 heterocycles. The van der Waals surface area contributed by atoms with Crippen LogP contribution in [0.25, 0.3) is 10.9 Å². The van der Waals surface area contributed by atoms with Crippen LogP contribution >= 0.6 is 0 Å². The molecule has 3 heteroatoms. The van der Waals surface area contributed by atoms with Gasteiger partial charge in [0.15, 0.2) is 0 Å². The van der Waals surface area contributed by atoms with E-state index in [2.05, 4.69) is 31.2 Å². The van der Waals surface area contributed by atoms with E-state index in [1.165, 1.54) is 22.2 Å². The number of cyclic esters (lactones) is 1. The molecule has 1 aromatic heterocycles. The number of rotatable bonds is 0. The van der Waals surface area contributed by atoms with E-state index in [9.17, 15) is 4.79 Å². The van der Waals surface area contributed by atoms with Gasteiger partial charge in [0.05, 0.1) is 11.6 Å². The molecule has 0 amide bonds. The first kappa shape index (κ1) is 15.0. The Hall–Kier alpha value is -1.90. The van der Waals surface area contributed by atoms with Gasteiger partial charge in [0.25, 0.3) is 0 Å². The minimum atomic E-state index is -0.0628. The molecule has 0 N–H and O–H groups in total. The summed E-state index contributed by atoms with van der Waals surface area (Å²) in [6.07, 6.45) is 5.09. The maximum absolute atomic E-state index is 11.7. The van der Waals surface area contributed by atoms with Gasteiger partial charge in [-0.1, -0.05) is 11.6 Å². The normalized spacial score (nSPS) is 20.1. The van der Waals surface area contributed by atoms with Crippen LogP contribution in [0.15, 0.2) is 24.3 Å². The molecule has 0 saturated carbocycles. The molecule has 0 aliphatic carbocycles. The molecule has 1 aliphatic heterocycles. The van der Waals surface area contributed by atoms with Crippen LogP contribution in [0.1, 0.15) is 49.4 Å². The minimum absolute atomic E-state index is 0.0334. The number of carbonyl (C=O) groups is 1. The number of aryl methyl sites for hydroxylation is 3. The molecular weight excluding hydrogens is 274 g/mol. The predicted octanol–water partition coefficient (Wildman–Crippen LogP) is 4.13. The zero-order valence-corrected chi connectivity index (χ0v) is 13.4. The first-order chi connectivity index (χ1) is 10.6. The van der Waals surface area contributed by atoms with Crippen LogP contribution in [-0.2, 0) is 22.4 Å². The molecule has 0 saturated heterocycles. The molecule has 0 spiro atoms. The Kier molecular flexibility index (Phi) is 4.41. The van der Waals surface area contributed by atoms with Gasteiger partial charge in [0, 0.05) is 17.5 Å². The zero-order chi connectivity index (χ0) is 15.5. The third kappa shape index (κ3) is 3.46. The van der Waals surface area contributed by atoms with E-state index >= 15 is 0 Å². The third-order valence-electron chi connectivity index (χ3n) is 4.34. The van der Waals surface area contributed by atoms with Gasteiger partial charge >= 0.3 is 5.97 Å². The highest BCUT2D eigenvalue weighted by atomic mass is 16.5. The average molecular weight is 297 g/mol. The Bertz CT molecular complexity index is 693. The summed E-state index contributed by atoms with van der Waals surface area (Å²) in [4.78, 5) is 16.6. The van der Waals surface area contributed by atoms with Gasteiger partial charge in [-0.05, 0) is 69.7 Å². The summed E-state index contributed by atoms with van der Waals surface area (Å²) in [6.45, 7) is 4.08. The van der Waals surface area contributed by atoms with Crippen molar-refractivity contribution < 1.29 is 9.53 Å². The van der Waals surface area contributed by atoms with Crippen molar-refractivity contribution in [3.05, 3.63) is 41.1 Å². The number of nitrogens with zero attached hydrogens (tertiary/aromatic N) is 1. The van der Waals surface area contributed by atoms with Crippen molar-refractivity contribution >= 4 is 16.9 Å². The minimum Gasteiger partial charge on any atom is -0.463 e. The summed E-state index contributed by atoms with van der Waals surface area (Å²) in [6, 6.07) is 8.69. The van der Waals surface area contributed by atoms with Crippen molar-refractivity contribution in [1.82, 2.24) is 4.98 Å². The zero-order valence-electron chi connectivity index (χ0n) is 13.4. The van der Waals surface area contributed by atoms with Crippen LogP contribution in [0.2, 0.25) is 0 Å². The number of fused-ring (bicyclic) bond motifs is 2. The predicted molar refractivity (Wildman–Crippen MR) is 87.9 cm³/mol. The fourth-order valence-corrected chi connectivity index (χ4v) is 3.08. The summed E-state index contributed by atoms with van der Waals surface area (Å²) in [5.74, 6) is -0.0628. The molecule has 116 valence electrons. The smallest absolute Gasteiger partial charge is 0.306 e. The second kappa shape index (κ2) is 6.47. The number of benzene rings is 1. The second-order valence-electron chi connectivity index (χ2n) is 6.34. The number of hydrogen-bond acceptors (Lipinski definition) is 3. The molecule has 22 heavy (non-hydrogen) atoms. The summed E-state index contributed by atoms with van der Waals surface area (Å²) in [5, 5.41) is 1.22. The molecule has 3 rings (SSSR count). The number of ether oxygens (including phenoxy) is 1. The highest BCUT2D eigenvalue weighted by molar-refractivity contribution is 5.80. The van der Waals surface area contributed by atoms with Gasteiger partial charge < -0.3 is 4.74 Å². The van der Waals surface area contributed by atoms with Gasteiger partial charge in [-0.2, -0.15) is 0 Å². The highest BCUT2D eigenvalue weighted by Gasteiger charge is 2.14. The molecule has 0 fully saturated rings. The molecule has 1 aliphatic rings. The molecule has 1 unspecified atom stereocenters. The standard InChI is InChI=1S/C19H23NO2/c1-13-7-9-18-16(11-13)12-15-5-3-4-6-19(21)22-14(2)8-10-17(15)20-18/h7,9,11-12,14H,3-6,8,10H2,1-2H3. The van der Waals surface area contributed by atoms with E-state index in [1.807, 2.05) is 6.92 Å². The topological polar surface area (TPSA) is 39.2 Å². The highest BCUT2D eigenvalue weighted by Crippen LogP contribution is 2.22. The van der Waals surface area contributed by atoms with E-state index in [1.54, 1.807) is 0 Å². The molecule has 1 aromatic carbocycles. The summed E-state index contributed by atoms with van der Waals surface area (Å²) in [5.41, 5.74) is 4.82. The van der Waals surface area contributed by atoms with Crippen molar-refractivity contribution in [2.75, 3.05) is 0 Å². The lowest BCUT2D eigenvalue weighted by Gasteiger charge is -2.14. The van der Waals surface area contributed by atoms with E-state index in [0.717, 1.165) is 37.6 Å². The van der Waals surface area contributed by atoms with Crippen molar-refractivity contribution in [1.29, 1.82) is 0 Å². The maximum Gasteiger partial charge on any atom is 0.306 e. The van der Waals surface area contributed by atoms with Gasteiger partial charge in [0.2, 0.25) is 0 Å². The number of aromatic nitrogens is 1. The Morgan fingerprint density at radius 3 is 2.82 bits per heavy atom. The molecule has 0 radical (unpaired) electrons. The molecule has 2 aromatic rings. The summed E-state index contributed by atoms with van der Waals surface area (Å²) in [7, 11) is 0. The lowest BCUT2D eigenvalue weighted by atomic mass is 9.99. The number of esters is 1. The van der Waals surface area contributed by atoms with E-state index in [4.69, 9.17) is 9.72 Å². The molecular formula is C19H23NO2. The van der Waals surface area contributed by atoms with Crippen LogP contribution < -0.4 is 0 Å². The molecule has 0 bridgehead atoms. The molecule has 1 atom stereocenters. The Morgan fingerprint density at radius 1 is 1.14 bits per heavy atom. The van der Waals surface area contributed by atoms with Crippen molar-refractivity contribution in [2.24, 2.45) is 0 Å². The Morgan fingerprint density at radius 2 is 1.95 bits per heavy atom. The van der Waals surface area contributed by atoms with Crippen molar-refractivity contribution in [3.63, 3.8) is 0 Å². The van der Waals surface area contributed by atoms with Gasteiger partial charge in [-0.3, -0.25) is 9.78 Å². The first-order valence-corrected chi connectivity index (χ1v) is 8.20. The fourth-order valence-electron chi connectivity index (χ4n) is 3.08. The number of hydrogen-bond donors (Lipinski definition) is 0. The largest absolute Gasteiger partial charge is 0.463 e.